The summed E-state index contributed by atoms with van der Waals surface area (Å²) in [7, 11) is 0. The molecule has 0 saturated carbocycles. The van der Waals surface area contributed by atoms with Crippen LogP contribution in [0.4, 0.5) is 0 Å². The van der Waals surface area contributed by atoms with Crippen molar-refractivity contribution in [2.45, 2.75) is 47.8 Å². The highest BCUT2D eigenvalue weighted by Crippen LogP contribution is 2.19. The molecule has 4 aromatic heterocycles. The first-order valence-corrected chi connectivity index (χ1v) is 12.3. The van der Waals surface area contributed by atoms with E-state index < -0.39 is 37.0 Å². The summed E-state index contributed by atoms with van der Waals surface area (Å²) in [6, 6.07) is 6.50. The van der Waals surface area contributed by atoms with Gasteiger partial charge in [0.15, 0.2) is 11.2 Å². The van der Waals surface area contributed by atoms with E-state index in [-0.39, 0.29) is 29.1 Å². The summed E-state index contributed by atoms with van der Waals surface area (Å²) in [5, 5.41) is 0. The smallest absolute Gasteiger partial charge is 0.357 e. The lowest BCUT2D eigenvalue weighted by Crippen LogP contribution is -2.31. The number of furan rings is 2. The molecule has 4 aromatic rings. The maximum Gasteiger partial charge on any atom is 0.357 e. The summed E-state index contributed by atoms with van der Waals surface area (Å²) in [4.78, 5) is 52.1. The number of aromatic amines is 2. The van der Waals surface area contributed by atoms with Gasteiger partial charge in [0.2, 0.25) is 13.1 Å². The van der Waals surface area contributed by atoms with Crippen molar-refractivity contribution in [2.75, 3.05) is 6.79 Å². The topological polar surface area (TPSA) is 163 Å². The molecule has 1 atom stereocenters. The van der Waals surface area contributed by atoms with Gasteiger partial charge in [-0.3, -0.25) is 9.59 Å². The van der Waals surface area contributed by atoms with Gasteiger partial charge in [0.05, 0.1) is 35.4 Å². The lowest BCUT2D eigenvalue weighted by molar-refractivity contribution is -0.179. The molecular formula is C27H32N2O10. The molecule has 0 aromatic carbocycles. The molecule has 12 heteroatoms. The molecule has 4 heterocycles. The lowest BCUT2D eigenvalue weighted by atomic mass is 10.2. The lowest BCUT2D eigenvalue weighted by Gasteiger charge is -2.22. The number of hydrogen-bond donors (Lipinski definition) is 2. The van der Waals surface area contributed by atoms with E-state index in [0.717, 1.165) is 0 Å². The zero-order valence-electron chi connectivity index (χ0n) is 22.6. The SMILES string of the molecule is CC(C)C(=O)OC(OC(=O)c1cc2occc2[nH]1)C(C)C.CC(C)C(=O)OCOC(=O)c1cc2occc2[nH]1. The maximum absolute atomic E-state index is 12.1. The van der Waals surface area contributed by atoms with Crippen molar-refractivity contribution in [3.63, 3.8) is 0 Å². The van der Waals surface area contributed by atoms with Gasteiger partial charge in [0, 0.05) is 30.2 Å². The van der Waals surface area contributed by atoms with Crippen LogP contribution >= 0.6 is 0 Å². The van der Waals surface area contributed by atoms with E-state index >= 15 is 0 Å². The van der Waals surface area contributed by atoms with Crippen molar-refractivity contribution in [3.8, 4) is 0 Å². The summed E-state index contributed by atoms with van der Waals surface area (Å²) in [6.45, 7) is 10.1. The van der Waals surface area contributed by atoms with Crippen LogP contribution in [0.15, 0.2) is 45.6 Å². The zero-order valence-corrected chi connectivity index (χ0v) is 22.6. The Bertz CT molecular complexity index is 1360. The number of H-pyrrole nitrogens is 2. The van der Waals surface area contributed by atoms with Crippen LogP contribution in [0.25, 0.3) is 22.2 Å². The predicted molar refractivity (Wildman–Crippen MR) is 137 cm³/mol. The summed E-state index contributed by atoms with van der Waals surface area (Å²) in [6.07, 6.45) is 2.13. The number of fused-ring (bicyclic) bond motifs is 2. The van der Waals surface area contributed by atoms with Crippen molar-refractivity contribution in [1.82, 2.24) is 9.97 Å². The number of carbonyl (C=O) groups excluding carboxylic acids is 4. The van der Waals surface area contributed by atoms with Gasteiger partial charge in [-0.1, -0.05) is 41.5 Å². The van der Waals surface area contributed by atoms with E-state index in [4.69, 9.17) is 27.8 Å². The molecule has 0 aliphatic rings. The number of ether oxygens (including phenoxy) is 4. The van der Waals surface area contributed by atoms with Gasteiger partial charge < -0.3 is 37.7 Å². The van der Waals surface area contributed by atoms with Gasteiger partial charge in [-0.15, -0.1) is 0 Å². The van der Waals surface area contributed by atoms with Crippen LogP contribution in [0.5, 0.6) is 0 Å². The Labute approximate surface area is 223 Å². The number of nitrogens with one attached hydrogen (secondary N) is 2. The van der Waals surface area contributed by atoms with Gasteiger partial charge >= 0.3 is 23.9 Å². The molecule has 0 radical (unpaired) electrons. The molecule has 0 fully saturated rings. The second-order valence-corrected chi connectivity index (χ2v) is 9.54. The standard InChI is InChI=1S/C15H19NO5.C12H13NO5/c1-8(2)13(17)20-15(9(3)4)21-14(18)11-7-12-10(16-11)5-6-19-12;1-7(2)11(14)17-6-18-12(15)9-5-10-8(13-9)3-4-16-10/h5-9,15-16H,1-4H3;3-5,7,13H,6H2,1-2H3. The third-order valence-electron chi connectivity index (χ3n) is 5.25. The normalized spacial score (nSPS) is 11.9. The van der Waals surface area contributed by atoms with Crippen LogP contribution in [0, 0.1) is 17.8 Å². The Kier molecular flexibility index (Phi) is 9.58. The Morgan fingerprint density at radius 1 is 0.718 bits per heavy atom. The summed E-state index contributed by atoms with van der Waals surface area (Å²) in [5.74, 6) is -2.68. The molecule has 210 valence electrons. The highest BCUT2D eigenvalue weighted by atomic mass is 16.7. The average Bonchev–Trinajstić information content (AvgIpc) is 3.64. The zero-order chi connectivity index (χ0) is 28.7. The van der Waals surface area contributed by atoms with E-state index in [0.29, 0.717) is 22.2 Å². The fourth-order valence-electron chi connectivity index (χ4n) is 3.02. The largest absolute Gasteiger partial charge is 0.463 e. The van der Waals surface area contributed by atoms with Gasteiger partial charge in [0.25, 0.3) is 0 Å². The molecule has 0 amide bonds. The highest BCUT2D eigenvalue weighted by Gasteiger charge is 2.25. The fraction of sp³-hybridized carbons (Fsp3) is 0.407. The number of rotatable bonds is 9. The molecule has 2 N–H and O–H groups in total. The van der Waals surface area contributed by atoms with E-state index in [1.54, 1.807) is 45.9 Å². The molecule has 0 spiro atoms. The van der Waals surface area contributed by atoms with Crippen molar-refractivity contribution >= 4 is 46.1 Å². The molecule has 0 aliphatic heterocycles. The number of esters is 4. The first-order chi connectivity index (χ1) is 18.5. The molecule has 1 unspecified atom stereocenters. The molecule has 0 saturated heterocycles. The van der Waals surface area contributed by atoms with Gasteiger partial charge in [-0.25, -0.2) is 9.59 Å². The molecular weight excluding hydrogens is 512 g/mol. The van der Waals surface area contributed by atoms with Crippen LogP contribution in [-0.4, -0.2) is 46.9 Å². The quantitative estimate of drug-likeness (QED) is 0.212. The molecule has 0 bridgehead atoms. The molecule has 0 aliphatic carbocycles. The Hall–Kier alpha value is -4.48. The maximum atomic E-state index is 12.1. The number of hydrogen-bond acceptors (Lipinski definition) is 10. The van der Waals surface area contributed by atoms with Gasteiger partial charge in [-0.05, 0) is 0 Å². The minimum absolute atomic E-state index is 0.144. The Balaban J connectivity index is 0.000000218. The Morgan fingerprint density at radius 3 is 1.69 bits per heavy atom. The van der Waals surface area contributed by atoms with E-state index in [2.05, 4.69) is 9.97 Å². The van der Waals surface area contributed by atoms with Crippen molar-refractivity contribution in [1.29, 1.82) is 0 Å². The first-order valence-electron chi connectivity index (χ1n) is 12.3. The summed E-state index contributed by atoms with van der Waals surface area (Å²) >= 11 is 0. The van der Waals surface area contributed by atoms with E-state index in [1.807, 2.05) is 13.8 Å². The summed E-state index contributed by atoms with van der Waals surface area (Å²) in [5.41, 5.74) is 3.08. The molecule has 4 rings (SSSR count). The van der Waals surface area contributed by atoms with E-state index in [1.165, 1.54) is 18.6 Å². The third-order valence-corrected chi connectivity index (χ3v) is 5.25. The Morgan fingerprint density at radius 2 is 1.23 bits per heavy atom. The fourth-order valence-corrected chi connectivity index (χ4v) is 3.02. The minimum atomic E-state index is -0.915. The number of aromatic nitrogens is 2. The van der Waals surface area contributed by atoms with Crippen molar-refractivity contribution < 1.29 is 47.0 Å². The monoisotopic (exact) mass is 544 g/mol. The number of carbonyl (C=O) groups is 4. The average molecular weight is 545 g/mol. The van der Waals surface area contributed by atoms with Crippen LogP contribution in [0.1, 0.15) is 62.5 Å². The van der Waals surface area contributed by atoms with Crippen molar-refractivity contribution in [3.05, 3.63) is 48.2 Å². The van der Waals surface area contributed by atoms with Gasteiger partial charge in [0.1, 0.15) is 11.4 Å². The molecule has 12 nitrogen and oxygen atoms in total. The molecule has 39 heavy (non-hydrogen) atoms. The van der Waals surface area contributed by atoms with E-state index in [9.17, 15) is 19.2 Å². The van der Waals surface area contributed by atoms with Crippen LogP contribution < -0.4 is 0 Å². The van der Waals surface area contributed by atoms with Crippen LogP contribution in [0.3, 0.4) is 0 Å². The predicted octanol–water partition coefficient (Wildman–Crippen LogP) is 5.17. The third kappa shape index (κ3) is 7.76. The van der Waals surface area contributed by atoms with Gasteiger partial charge in [-0.2, -0.15) is 0 Å². The summed E-state index contributed by atoms with van der Waals surface area (Å²) < 4.78 is 30.3. The van der Waals surface area contributed by atoms with Crippen molar-refractivity contribution in [2.24, 2.45) is 17.8 Å². The second kappa shape index (κ2) is 12.9. The highest BCUT2D eigenvalue weighted by molar-refractivity contribution is 5.93. The van der Waals surface area contributed by atoms with Crippen LogP contribution in [-0.2, 0) is 28.5 Å². The van der Waals surface area contributed by atoms with Crippen LogP contribution in [0.2, 0.25) is 0 Å². The first kappa shape index (κ1) is 29.1. The second-order valence-electron chi connectivity index (χ2n) is 9.54. The minimum Gasteiger partial charge on any atom is -0.463 e.